The predicted octanol–water partition coefficient (Wildman–Crippen LogP) is 2.18. The number of likely N-dealkylation sites (tertiary alicyclic amines) is 1. The lowest BCUT2D eigenvalue weighted by Crippen LogP contribution is -2.48. The monoisotopic (exact) mass is 361 g/mol. The summed E-state index contributed by atoms with van der Waals surface area (Å²) in [5.41, 5.74) is 1.79. The third-order valence-electron chi connectivity index (χ3n) is 5.21. The van der Waals surface area contributed by atoms with E-state index in [9.17, 15) is 4.39 Å². The maximum Gasteiger partial charge on any atom is 0.191 e. The minimum atomic E-state index is -0.146. The summed E-state index contributed by atoms with van der Waals surface area (Å²) in [4.78, 5) is 8.95. The van der Waals surface area contributed by atoms with E-state index >= 15 is 0 Å². The van der Waals surface area contributed by atoms with Crippen LogP contribution in [-0.2, 0) is 13.1 Å². The summed E-state index contributed by atoms with van der Waals surface area (Å²) < 4.78 is 13.9. The molecule has 1 aromatic carbocycles. The van der Waals surface area contributed by atoms with Gasteiger partial charge < -0.3 is 20.4 Å². The number of nitrogens with one attached hydrogen (secondary N) is 2. The quantitative estimate of drug-likeness (QED) is 0.602. The molecule has 0 unspecified atom stereocenters. The molecular formula is C20H32FN5. The summed E-state index contributed by atoms with van der Waals surface area (Å²) in [6.07, 6.45) is 5.10. The Morgan fingerprint density at radius 3 is 2.58 bits per heavy atom. The minimum absolute atomic E-state index is 0.146. The second kappa shape index (κ2) is 8.82. The van der Waals surface area contributed by atoms with Crippen LogP contribution >= 0.6 is 0 Å². The van der Waals surface area contributed by atoms with Crippen molar-refractivity contribution >= 4 is 5.96 Å². The van der Waals surface area contributed by atoms with E-state index < -0.39 is 0 Å². The van der Waals surface area contributed by atoms with E-state index in [1.807, 2.05) is 31.1 Å². The van der Waals surface area contributed by atoms with Gasteiger partial charge in [-0.15, -0.1) is 0 Å². The fraction of sp³-hybridized carbons (Fsp3) is 0.650. The zero-order valence-electron chi connectivity index (χ0n) is 16.3. The highest BCUT2D eigenvalue weighted by molar-refractivity contribution is 5.79. The van der Waals surface area contributed by atoms with Crippen LogP contribution in [0.4, 0.5) is 4.39 Å². The van der Waals surface area contributed by atoms with Gasteiger partial charge in [0.15, 0.2) is 5.96 Å². The van der Waals surface area contributed by atoms with Gasteiger partial charge in [-0.1, -0.05) is 6.07 Å². The zero-order chi connectivity index (χ0) is 18.5. The van der Waals surface area contributed by atoms with Gasteiger partial charge in [0.05, 0.1) is 0 Å². The number of hydrogen-bond acceptors (Lipinski definition) is 3. The van der Waals surface area contributed by atoms with Crippen molar-refractivity contribution in [3.05, 3.63) is 35.1 Å². The maximum absolute atomic E-state index is 13.9. The first-order valence-corrected chi connectivity index (χ1v) is 9.68. The van der Waals surface area contributed by atoms with E-state index in [0.717, 1.165) is 23.1 Å². The molecule has 5 nitrogen and oxygen atoms in total. The summed E-state index contributed by atoms with van der Waals surface area (Å²) in [5.74, 6) is 0.681. The van der Waals surface area contributed by atoms with Crippen molar-refractivity contribution in [1.82, 2.24) is 20.4 Å². The van der Waals surface area contributed by atoms with Crippen LogP contribution < -0.4 is 10.6 Å². The van der Waals surface area contributed by atoms with Crippen LogP contribution in [0.5, 0.6) is 0 Å². The second-order valence-corrected chi connectivity index (χ2v) is 7.78. The fourth-order valence-corrected chi connectivity index (χ4v) is 3.62. The van der Waals surface area contributed by atoms with Gasteiger partial charge in [-0.2, -0.15) is 0 Å². The highest BCUT2D eigenvalue weighted by Crippen LogP contribution is 2.29. The molecule has 0 amide bonds. The van der Waals surface area contributed by atoms with Gasteiger partial charge in [0, 0.05) is 50.9 Å². The first-order chi connectivity index (χ1) is 12.5. The lowest BCUT2D eigenvalue weighted by atomic mass is 10.1. The minimum Gasteiger partial charge on any atom is -0.354 e. The molecule has 26 heavy (non-hydrogen) atoms. The van der Waals surface area contributed by atoms with Crippen molar-refractivity contribution in [2.24, 2.45) is 4.99 Å². The number of piperidine rings is 1. The predicted molar refractivity (Wildman–Crippen MR) is 105 cm³/mol. The Hall–Kier alpha value is -1.66. The van der Waals surface area contributed by atoms with Gasteiger partial charge in [-0.25, -0.2) is 4.39 Å². The number of aliphatic imine (C=N–C) groups is 1. The van der Waals surface area contributed by atoms with E-state index in [4.69, 9.17) is 0 Å². The number of guanidine groups is 1. The van der Waals surface area contributed by atoms with Crippen LogP contribution in [0.2, 0.25) is 0 Å². The summed E-state index contributed by atoms with van der Waals surface area (Å²) >= 11 is 0. The summed E-state index contributed by atoms with van der Waals surface area (Å²) in [6, 6.07) is 6.67. The van der Waals surface area contributed by atoms with Crippen molar-refractivity contribution < 1.29 is 4.39 Å². The molecule has 1 aliphatic heterocycles. The Labute approximate surface area is 156 Å². The van der Waals surface area contributed by atoms with Crippen molar-refractivity contribution in [2.75, 3.05) is 34.2 Å². The van der Waals surface area contributed by atoms with Crippen LogP contribution in [-0.4, -0.2) is 62.1 Å². The number of halogens is 1. The second-order valence-electron chi connectivity index (χ2n) is 7.78. The molecule has 0 atom stereocenters. The number of rotatable bonds is 6. The standard InChI is InChI=1S/C20H32FN5/c1-22-20(24-17-8-10-26(11-9-17)18-5-6-18)23-13-15-4-7-19(21)16(12-15)14-25(2)3/h4,7,12,17-18H,5-6,8-11,13-14H2,1-3H3,(H2,22,23,24). The summed E-state index contributed by atoms with van der Waals surface area (Å²) in [7, 11) is 5.70. The average Bonchev–Trinajstić information content (AvgIpc) is 3.46. The Balaban J connectivity index is 1.48. The van der Waals surface area contributed by atoms with Gasteiger partial charge in [0.1, 0.15) is 5.82 Å². The van der Waals surface area contributed by atoms with Gasteiger partial charge in [-0.3, -0.25) is 4.99 Å². The average molecular weight is 362 g/mol. The third kappa shape index (κ3) is 5.42. The molecule has 1 aromatic rings. The Bertz CT molecular complexity index is 619. The Morgan fingerprint density at radius 1 is 1.23 bits per heavy atom. The van der Waals surface area contributed by atoms with Crippen LogP contribution in [0.25, 0.3) is 0 Å². The first kappa shape index (κ1) is 19.1. The van der Waals surface area contributed by atoms with E-state index in [-0.39, 0.29) is 5.82 Å². The largest absolute Gasteiger partial charge is 0.354 e. The molecular weight excluding hydrogens is 329 g/mol. The molecule has 0 aromatic heterocycles. The number of benzene rings is 1. The molecule has 3 rings (SSSR count). The van der Waals surface area contributed by atoms with Crippen molar-refractivity contribution in [2.45, 2.75) is 50.9 Å². The molecule has 1 heterocycles. The lowest BCUT2D eigenvalue weighted by Gasteiger charge is -2.33. The fourth-order valence-electron chi connectivity index (χ4n) is 3.62. The summed E-state index contributed by atoms with van der Waals surface area (Å²) in [5, 5.41) is 6.91. The SMILES string of the molecule is CN=C(NCc1ccc(F)c(CN(C)C)c1)NC1CCN(C2CC2)CC1. The highest BCUT2D eigenvalue weighted by atomic mass is 19.1. The topological polar surface area (TPSA) is 42.9 Å². The van der Waals surface area contributed by atoms with Crippen molar-refractivity contribution in [3.8, 4) is 0 Å². The molecule has 1 saturated heterocycles. The molecule has 1 saturated carbocycles. The van der Waals surface area contributed by atoms with Crippen LogP contribution in [0, 0.1) is 5.82 Å². The molecule has 0 radical (unpaired) electrons. The van der Waals surface area contributed by atoms with Gasteiger partial charge in [-0.05, 0) is 57.5 Å². The highest BCUT2D eigenvalue weighted by Gasteiger charge is 2.31. The normalized spacial score (nSPS) is 19.8. The van der Waals surface area contributed by atoms with Gasteiger partial charge >= 0.3 is 0 Å². The summed E-state index contributed by atoms with van der Waals surface area (Å²) in [6.45, 7) is 3.61. The van der Waals surface area contributed by atoms with Crippen molar-refractivity contribution in [3.63, 3.8) is 0 Å². The van der Waals surface area contributed by atoms with Crippen LogP contribution in [0.1, 0.15) is 36.8 Å². The molecule has 2 N–H and O–H groups in total. The lowest BCUT2D eigenvalue weighted by molar-refractivity contribution is 0.197. The van der Waals surface area contributed by atoms with Gasteiger partial charge in [0.2, 0.25) is 0 Å². The molecule has 0 spiro atoms. The van der Waals surface area contributed by atoms with E-state index in [1.54, 1.807) is 13.1 Å². The number of hydrogen-bond donors (Lipinski definition) is 2. The molecule has 6 heteroatoms. The van der Waals surface area contributed by atoms with E-state index in [1.165, 1.54) is 38.8 Å². The van der Waals surface area contributed by atoms with E-state index in [2.05, 4.69) is 20.5 Å². The first-order valence-electron chi connectivity index (χ1n) is 9.68. The van der Waals surface area contributed by atoms with E-state index in [0.29, 0.717) is 19.1 Å². The molecule has 2 aliphatic rings. The molecule has 0 bridgehead atoms. The van der Waals surface area contributed by atoms with Crippen LogP contribution in [0.15, 0.2) is 23.2 Å². The third-order valence-corrected chi connectivity index (χ3v) is 5.21. The molecule has 144 valence electrons. The maximum atomic E-state index is 13.9. The molecule has 1 aliphatic carbocycles. The Kier molecular flexibility index (Phi) is 6.48. The number of nitrogens with zero attached hydrogens (tertiary/aromatic N) is 3. The Morgan fingerprint density at radius 2 is 1.96 bits per heavy atom. The smallest absolute Gasteiger partial charge is 0.191 e. The molecule has 2 fully saturated rings. The van der Waals surface area contributed by atoms with Crippen molar-refractivity contribution in [1.29, 1.82) is 0 Å². The van der Waals surface area contributed by atoms with Gasteiger partial charge in [0.25, 0.3) is 0 Å². The zero-order valence-corrected chi connectivity index (χ0v) is 16.3. The van der Waals surface area contributed by atoms with Crippen LogP contribution in [0.3, 0.4) is 0 Å².